The number of rotatable bonds is 5. The SMILES string of the molecule is CCOC(=O)c1ccc(OCC2CCNCC2)c(Cl)c1. The molecule has 0 saturated carbocycles. The molecule has 1 aliphatic rings. The number of benzene rings is 1. The van der Waals surface area contributed by atoms with Gasteiger partial charge in [0.15, 0.2) is 0 Å². The zero-order valence-electron chi connectivity index (χ0n) is 11.7. The third kappa shape index (κ3) is 4.12. The Hall–Kier alpha value is -1.26. The predicted molar refractivity (Wildman–Crippen MR) is 78.5 cm³/mol. The molecular weight excluding hydrogens is 278 g/mol. The van der Waals surface area contributed by atoms with Gasteiger partial charge in [0.2, 0.25) is 0 Å². The lowest BCUT2D eigenvalue weighted by Crippen LogP contribution is -2.30. The molecule has 20 heavy (non-hydrogen) atoms. The van der Waals surface area contributed by atoms with Crippen molar-refractivity contribution in [2.75, 3.05) is 26.3 Å². The summed E-state index contributed by atoms with van der Waals surface area (Å²) in [6.07, 6.45) is 2.25. The first-order valence-electron chi connectivity index (χ1n) is 7.01. The summed E-state index contributed by atoms with van der Waals surface area (Å²) in [6.45, 7) is 4.88. The number of piperidine rings is 1. The van der Waals surface area contributed by atoms with Crippen LogP contribution in [0.15, 0.2) is 18.2 Å². The fourth-order valence-electron chi connectivity index (χ4n) is 2.22. The molecule has 110 valence electrons. The first-order chi connectivity index (χ1) is 9.70. The van der Waals surface area contributed by atoms with Crippen molar-refractivity contribution >= 4 is 17.6 Å². The minimum Gasteiger partial charge on any atom is -0.492 e. The number of ether oxygens (including phenoxy) is 2. The molecule has 2 rings (SSSR count). The maximum atomic E-state index is 11.6. The predicted octanol–water partition coefficient (Wildman–Crippen LogP) is 2.90. The molecule has 1 saturated heterocycles. The van der Waals surface area contributed by atoms with Gasteiger partial charge in [-0.1, -0.05) is 11.6 Å². The smallest absolute Gasteiger partial charge is 0.338 e. The van der Waals surface area contributed by atoms with Gasteiger partial charge in [0, 0.05) is 0 Å². The highest BCUT2D eigenvalue weighted by Crippen LogP contribution is 2.27. The topological polar surface area (TPSA) is 47.6 Å². The second kappa shape index (κ2) is 7.50. The van der Waals surface area contributed by atoms with Gasteiger partial charge in [-0.05, 0) is 57.0 Å². The van der Waals surface area contributed by atoms with Crippen LogP contribution in [0.4, 0.5) is 0 Å². The number of carbonyl (C=O) groups is 1. The Bertz CT molecular complexity index is 458. The van der Waals surface area contributed by atoms with Crippen molar-refractivity contribution in [3.05, 3.63) is 28.8 Å². The summed E-state index contributed by atoms with van der Waals surface area (Å²) in [6, 6.07) is 5.01. The maximum absolute atomic E-state index is 11.6. The Kier molecular flexibility index (Phi) is 5.68. The molecule has 4 nitrogen and oxygen atoms in total. The normalized spacial score (nSPS) is 15.9. The Morgan fingerprint density at radius 1 is 1.40 bits per heavy atom. The summed E-state index contributed by atoms with van der Waals surface area (Å²) in [7, 11) is 0. The van der Waals surface area contributed by atoms with Crippen LogP contribution in [0.1, 0.15) is 30.1 Å². The Balaban J connectivity index is 1.93. The molecule has 0 spiro atoms. The number of hydrogen-bond acceptors (Lipinski definition) is 4. The van der Waals surface area contributed by atoms with E-state index in [-0.39, 0.29) is 5.97 Å². The first kappa shape index (κ1) is 15.1. The zero-order valence-corrected chi connectivity index (χ0v) is 12.4. The molecule has 1 aliphatic heterocycles. The van der Waals surface area contributed by atoms with Gasteiger partial charge in [-0.15, -0.1) is 0 Å². The zero-order chi connectivity index (χ0) is 14.4. The van der Waals surface area contributed by atoms with Gasteiger partial charge >= 0.3 is 5.97 Å². The minimum atomic E-state index is -0.362. The summed E-state index contributed by atoms with van der Waals surface area (Å²) < 4.78 is 10.7. The van der Waals surface area contributed by atoms with Crippen LogP contribution in [0.25, 0.3) is 0 Å². The highest BCUT2D eigenvalue weighted by Gasteiger charge is 2.15. The second-order valence-corrected chi connectivity index (χ2v) is 5.28. The second-order valence-electron chi connectivity index (χ2n) is 4.87. The standard InChI is InChI=1S/C15H20ClNO3/c1-2-19-15(18)12-3-4-14(13(16)9-12)20-10-11-5-7-17-8-6-11/h3-4,9,11,17H,2,5-8,10H2,1H3. The number of nitrogens with one attached hydrogen (secondary N) is 1. The first-order valence-corrected chi connectivity index (χ1v) is 7.38. The molecule has 0 radical (unpaired) electrons. The van der Waals surface area contributed by atoms with Crippen molar-refractivity contribution in [3.8, 4) is 5.75 Å². The van der Waals surface area contributed by atoms with Crippen molar-refractivity contribution in [2.45, 2.75) is 19.8 Å². The molecule has 1 fully saturated rings. The van der Waals surface area contributed by atoms with E-state index in [2.05, 4.69) is 5.32 Å². The van der Waals surface area contributed by atoms with E-state index in [1.54, 1.807) is 25.1 Å². The number of halogens is 1. The van der Waals surface area contributed by atoms with Gasteiger partial charge in [0.1, 0.15) is 5.75 Å². The molecule has 1 heterocycles. The lowest BCUT2D eigenvalue weighted by atomic mass is 9.99. The molecule has 1 aromatic carbocycles. The molecule has 0 unspecified atom stereocenters. The van der Waals surface area contributed by atoms with E-state index >= 15 is 0 Å². The fourth-order valence-corrected chi connectivity index (χ4v) is 2.45. The van der Waals surface area contributed by atoms with Crippen LogP contribution >= 0.6 is 11.6 Å². The van der Waals surface area contributed by atoms with Crippen molar-refractivity contribution in [1.82, 2.24) is 5.32 Å². The number of hydrogen-bond donors (Lipinski definition) is 1. The Morgan fingerprint density at radius 2 is 2.15 bits per heavy atom. The molecular formula is C15H20ClNO3. The minimum absolute atomic E-state index is 0.352. The van der Waals surface area contributed by atoms with Crippen molar-refractivity contribution < 1.29 is 14.3 Å². The van der Waals surface area contributed by atoms with Crippen LogP contribution in [-0.4, -0.2) is 32.3 Å². The fraction of sp³-hybridized carbons (Fsp3) is 0.533. The maximum Gasteiger partial charge on any atom is 0.338 e. The number of esters is 1. The highest BCUT2D eigenvalue weighted by molar-refractivity contribution is 6.32. The molecule has 1 aromatic rings. The Morgan fingerprint density at radius 3 is 2.80 bits per heavy atom. The third-order valence-corrected chi connectivity index (χ3v) is 3.67. The third-order valence-electron chi connectivity index (χ3n) is 3.38. The summed E-state index contributed by atoms with van der Waals surface area (Å²) in [5.41, 5.74) is 0.450. The lowest BCUT2D eigenvalue weighted by molar-refractivity contribution is 0.0526. The van der Waals surface area contributed by atoms with Gasteiger partial charge in [-0.3, -0.25) is 0 Å². The van der Waals surface area contributed by atoms with E-state index in [1.807, 2.05) is 0 Å². The van der Waals surface area contributed by atoms with Crippen LogP contribution in [-0.2, 0) is 4.74 Å². The summed E-state index contributed by atoms with van der Waals surface area (Å²) >= 11 is 6.15. The van der Waals surface area contributed by atoms with Gasteiger partial charge in [0.05, 0.1) is 23.8 Å². The van der Waals surface area contributed by atoms with Crippen LogP contribution < -0.4 is 10.1 Å². The molecule has 0 amide bonds. The van der Waals surface area contributed by atoms with Gasteiger partial charge in [-0.25, -0.2) is 4.79 Å². The number of carbonyl (C=O) groups excluding carboxylic acids is 1. The average molecular weight is 298 g/mol. The average Bonchev–Trinajstić information content (AvgIpc) is 2.47. The van der Waals surface area contributed by atoms with E-state index in [1.165, 1.54) is 0 Å². The Labute approximate surface area is 124 Å². The van der Waals surface area contributed by atoms with E-state index in [0.717, 1.165) is 25.9 Å². The largest absolute Gasteiger partial charge is 0.492 e. The quantitative estimate of drug-likeness (QED) is 0.849. The molecule has 0 aliphatic carbocycles. The van der Waals surface area contributed by atoms with Crippen molar-refractivity contribution in [2.24, 2.45) is 5.92 Å². The van der Waals surface area contributed by atoms with Gasteiger partial charge in [0.25, 0.3) is 0 Å². The van der Waals surface area contributed by atoms with E-state index in [0.29, 0.717) is 35.5 Å². The molecule has 0 bridgehead atoms. The summed E-state index contributed by atoms with van der Waals surface area (Å²) in [5, 5.41) is 3.77. The van der Waals surface area contributed by atoms with Crippen LogP contribution in [0.3, 0.4) is 0 Å². The van der Waals surface area contributed by atoms with Gasteiger partial charge in [-0.2, -0.15) is 0 Å². The van der Waals surface area contributed by atoms with Crippen molar-refractivity contribution in [1.29, 1.82) is 0 Å². The van der Waals surface area contributed by atoms with E-state index < -0.39 is 0 Å². The van der Waals surface area contributed by atoms with Gasteiger partial charge < -0.3 is 14.8 Å². The van der Waals surface area contributed by atoms with Crippen molar-refractivity contribution in [3.63, 3.8) is 0 Å². The van der Waals surface area contributed by atoms with Crippen LogP contribution in [0, 0.1) is 5.92 Å². The van der Waals surface area contributed by atoms with E-state index in [9.17, 15) is 4.79 Å². The molecule has 1 N–H and O–H groups in total. The highest BCUT2D eigenvalue weighted by atomic mass is 35.5. The molecule has 5 heteroatoms. The van der Waals surface area contributed by atoms with Crippen LogP contribution in [0.2, 0.25) is 5.02 Å². The molecule has 0 atom stereocenters. The van der Waals surface area contributed by atoms with Crippen LogP contribution in [0.5, 0.6) is 5.75 Å². The van der Waals surface area contributed by atoms with E-state index in [4.69, 9.17) is 21.1 Å². The summed E-state index contributed by atoms with van der Waals surface area (Å²) in [4.78, 5) is 11.6. The monoisotopic (exact) mass is 297 g/mol. The lowest BCUT2D eigenvalue weighted by Gasteiger charge is -2.22. The molecule has 0 aromatic heterocycles. The summed E-state index contributed by atoms with van der Waals surface area (Å²) in [5.74, 6) is 0.828.